The molecule has 4 nitrogen and oxygen atoms in total. The van der Waals surface area contributed by atoms with Gasteiger partial charge in [-0.15, -0.1) is 11.3 Å². The summed E-state index contributed by atoms with van der Waals surface area (Å²) in [4.78, 5) is 39.8. The van der Waals surface area contributed by atoms with Gasteiger partial charge in [-0.2, -0.15) is 0 Å². The van der Waals surface area contributed by atoms with Gasteiger partial charge in [-0.05, 0) is 6.42 Å². The first-order chi connectivity index (χ1) is 8.63. The normalized spacial score (nSPS) is 24.3. The van der Waals surface area contributed by atoms with E-state index >= 15 is 0 Å². The number of hydrogen-bond acceptors (Lipinski definition) is 5. The fourth-order valence-corrected chi connectivity index (χ4v) is 3.08. The average Bonchev–Trinajstić information content (AvgIpc) is 2.81. The Labute approximate surface area is 109 Å². The molecule has 1 saturated carbocycles. The maximum Gasteiger partial charge on any atom is 0.151 e. The third kappa shape index (κ3) is 2.56. The molecule has 18 heavy (non-hydrogen) atoms. The second kappa shape index (κ2) is 5.52. The van der Waals surface area contributed by atoms with E-state index in [-0.39, 0.29) is 36.1 Å². The largest absolute Gasteiger partial charge is 0.298 e. The minimum Gasteiger partial charge on any atom is -0.298 e. The van der Waals surface area contributed by atoms with Crippen molar-refractivity contribution in [2.75, 3.05) is 0 Å². The predicted octanol–water partition coefficient (Wildman–Crippen LogP) is 2.14. The molecule has 2 rings (SSSR count). The van der Waals surface area contributed by atoms with E-state index in [2.05, 4.69) is 4.98 Å². The molecule has 0 unspecified atom stereocenters. The van der Waals surface area contributed by atoms with Crippen molar-refractivity contribution in [3.63, 3.8) is 0 Å². The van der Waals surface area contributed by atoms with Crippen LogP contribution in [0.5, 0.6) is 0 Å². The molecule has 0 radical (unpaired) electrons. The smallest absolute Gasteiger partial charge is 0.151 e. The standard InChI is InChI=1S/C13H15NO3S/c1-2-3-9(15)12-10(16)6-8(7-11(12)17)13-14-4-5-18-13/h4-5,8,12H,2-3,6-7H2,1H3. The van der Waals surface area contributed by atoms with Crippen LogP contribution in [-0.4, -0.2) is 22.3 Å². The summed E-state index contributed by atoms with van der Waals surface area (Å²) in [7, 11) is 0. The van der Waals surface area contributed by atoms with Crippen LogP contribution in [0.2, 0.25) is 0 Å². The number of carbonyl (C=O) groups excluding carboxylic acids is 3. The lowest BCUT2D eigenvalue weighted by Crippen LogP contribution is -2.37. The molecule has 1 aromatic heterocycles. The molecular formula is C13H15NO3S. The maximum atomic E-state index is 12.0. The van der Waals surface area contributed by atoms with Crippen LogP contribution >= 0.6 is 11.3 Å². The van der Waals surface area contributed by atoms with E-state index in [1.54, 1.807) is 6.20 Å². The molecular weight excluding hydrogens is 250 g/mol. The molecule has 0 aromatic carbocycles. The Hall–Kier alpha value is -1.36. The Morgan fingerprint density at radius 3 is 2.56 bits per heavy atom. The fourth-order valence-electron chi connectivity index (χ4n) is 2.33. The first kappa shape index (κ1) is 13.1. The summed E-state index contributed by atoms with van der Waals surface area (Å²) in [6.45, 7) is 1.87. The molecule has 0 N–H and O–H groups in total. The molecule has 0 amide bonds. The van der Waals surface area contributed by atoms with Gasteiger partial charge in [0.1, 0.15) is 5.92 Å². The number of carbonyl (C=O) groups is 3. The zero-order chi connectivity index (χ0) is 13.1. The summed E-state index contributed by atoms with van der Waals surface area (Å²) >= 11 is 1.45. The van der Waals surface area contributed by atoms with E-state index in [1.165, 1.54) is 11.3 Å². The highest BCUT2D eigenvalue weighted by Crippen LogP contribution is 2.33. The SMILES string of the molecule is CCCC(=O)C1C(=O)CC(c2nccs2)CC1=O. The average molecular weight is 265 g/mol. The van der Waals surface area contributed by atoms with Crippen molar-refractivity contribution in [1.29, 1.82) is 0 Å². The van der Waals surface area contributed by atoms with Gasteiger partial charge in [-0.1, -0.05) is 6.92 Å². The number of thiazole rings is 1. The Kier molecular flexibility index (Phi) is 4.01. The number of rotatable bonds is 4. The number of ketones is 3. The monoisotopic (exact) mass is 265 g/mol. The van der Waals surface area contributed by atoms with Crippen LogP contribution in [0.15, 0.2) is 11.6 Å². The highest BCUT2D eigenvalue weighted by atomic mass is 32.1. The zero-order valence-electron chi connectivity index (χ0n) is 10.2. The van der Waals surface area contributed by atoms with Crippen molar-refractivity contribution in [2.24, 2.45) is 5.92 Å². The van der Waals surface area contributed by atoms with Gasteiger partial charge >= 0.3 is 0 Å². The van der Waals surface area contributed by atoms with E-state index in [0.717, 1.165) is 5.01 Å². The number of nitrogens with zero attached hydrogens (tertiary/aromatic N) is 1. The molecule has 0 spiro atoms. The van der Waals surface area contributed by atoms with Gasteiger partial charge in [0.05, 0.1) is 5.01 Å². The molecule has 0 atom stereocenters. The van der Waals surface area contributed by atoms with Gasteiger partial charge in [0, 0.05) is 36.8 Å². The van der Waals surface area contributed by atoms with Gasteiger partial charge < -0.3 is 0 Å². The van der Waals surface area contributed by atoms with E-state index in [1.807, 2.05) is 12.3 Å². The van der Waals surface area contributed by atoms with Gasteiger partial charge in [0.2, 0.25) is 0 Å². The van der Waals surface area contributed by atoms with E-state index < -0.39 is 5.92 Å². The van der Waals surface area contributed by atoms with Gasteiger partial charge in [-0.25, -0.2) is 4.98 Å². The summed E-state index contributed by atoms with van der Waals surface area (Å²) in [5.41, 5.74) is 0. The van der Waals surface area contributed by atoms with Crippen molar-refractivity contribution >= 4 is 28.7 Å². The number of Topliss-reactive ketones (excluding diaryl/α,β-unsaturated/α-hetero) is 3. The minimum absolute atomic E-state index is 0.129. The second-order valence-electron chi connectivity index (χ2n) is 4.56. The Bertz CT molecular complexity index is 449. The van der Waals surface area contributed by atoms with Crippen LogP contribution in [0.3, 0.4) is 0 Å². The summed E-state index contributed by atoms with van der Waals surface area (Å²) < 4.78 is 0. The predicted molar refractivity (Wildman–Crippen MR) is 67.5 cm³/mol. The van der Waals surface area contributed by atoms with Crippen molar-refractivity contribution in [3.05, 3.63) is 16.6 Å². The van der Waals surface area contributed by atoms with Crippen molar-refractivity contribution in [3.8, 4) is 0 Å². The molecule has 1 aliphatic rings. The van der Waals surface area contributed by atoms with Crippen LogP contribution in [0.25, 0.3) is 0 Å². The number of hydrogen-bond donors (Lipinski definition) is 0. The molecule has 96 valence electrons. The van der Waals surface area contributed by atoms with E-state index in [0.29, 0.717) is 12.8 Å². The van der Waals surface area contributed by atoms with Crippen molar-refractivity contribution < 1.29 is 14.4 Å². The fraction of sp³-hybridized carbons (Fsp3) is 0.538. The van der Waals surface area contributed by atoms with E-state index in [9.17, 15) is 14.4 Å². The lowest BCUT2D eigenvalue weighted by molar-refractivity contribution is -0.142. The van der Waals surface area contributed by atoms with Crippen LogP contribution in [0, 0.1) is 5.92 Å². The first-order valence-electron chi connectivity index (χ1n) is 6.11. The molecule has 1 aromatic rings. The number of aromatic nitrogens is 1. The van der Waals surface area contributed by atoms with Gasteiger partial charge in [-0.3, -0.25) is 14.4 Å². The molecule has 1 fully saturated rings. The van der Waals surface area contributed by atoms with E-state index in [4.69, 9.17) is 0 Å². The maximum absolute atomic E-state index is 12.0. The van der Waals surface area contributed by atoms with Crippen LogP contribution < -0.4 is 0 Å². The Morgan fingerprint density at radius 1 is 1.39 bits per heavy atom. The summed E-state index contributed by atoms with van der Waals surface area (Å²) in [5, 5.41) is 2.65. The molecule has 1 heterocycles. The highest BCUT2D eigenvalue weighted by Gasteiger charge is 2.40. The third-order valence-corrected chi connectivity index (χ3v) is 4.10. The first-order valence-corrected chi connectivity index (χ1v) is 6.99. The highest BCUT2D eigenvalue weighted by molar-refractivity contribution is 7.09. The minimum atomic E-state index is -0.999. The Morgan fingerprint density at radius 2 is 2.06 bits per heavy atom. The van der Waals surface area contributed by atoms with Crippen LogP contribution in [-0.2, 0) is 14.4 Å². The summed E-state index contributed by atoms with van der Waals surface area (Å²) in [6.07, 6.45) is 3.18. The lowest BCUT2D eigenvalue weighted by atomic mass is 9.77. The Balaban J connectivity index is 2.11. The van der Waals surface area contributed by atoms with Crippen LogP contribution in [0.4, 0.5) is 0 Å². The summed E-state index contributed by atoms with van der Waals surface area (Å²) in [6, 6.07) is 0. The van der Waals surface area contributed by atoms with Crippen molar-refractivity contribution in [1.82, 2.24) is 4.98 Å². The van der Waals surface area contributed by atoms with Gasteiger partial charge in [0.25, 0.3) is 0 Å². The zero-order valence-corrected chi connectivity index (χ0v) is 11.0. The molecule has 0 bridgehead atoms. The molecule has 0 saturated heterocycles. The second-order valence-corrected chi connectivity index (χ2v) is 5.48. The topological polar surface area (TPSA) is 64.1 Å². The molecule has 1 aliphatic carbocycles. The lowest BCUT2D eigenvalue weighted by Gasteiger charge is -2.24. The quantitative estimate of drug-likeness (QED) is 0.782. The third-order valence-electron chi connectivity index (χ3n) is 3.16. The molecule has 0 aliphatic heterocycles. The van der Waals surface area contributed by atoms with Crippen molar-refractivity contribution in [2.45, 2.75) is 38.5 Å². The summed E-state index contributed by atoms with van der Waals surface area (Å²) in [5.74, 6) is -1.81. The molecule has 5 heteroatoms. The van der Waals surface area contributed by atoms with Gasteiger partial charge in [0.15, 0.2) is 17.3 Å². The van der Waals surface area contributed by atoms with Crippen LogP contribution in [0.1, 0.15) is 43.5 Å².